The second-order valence-electron chi connectivity index (χ2n) is 5.00. The molecule has 0 amide bonds. The zero-order chi connectivity index (χ0) is 13.7. The second kappa shape index (κ2) is 6.54. The van der Waals surface area contributed by atoms with Gasteiger partial charge in [-0.15, -0.1) is 0 Å². The Balaban J connectivity index is 1.95. The molecular weight excluding hydrogens is 264 g/mol. The highest BCUT2D eigenvalue weighted by molar-refractivity contribution is 7.89. The van der Waals surface area contributed by atoms with Gasteiger partial charge in [-0.2, -0.15) is 0 Å². The fourth-order valence-electron chi connectivity index (χ4n) is 2.31. The van der Waals surface area contributed by atoms with Crippen LogP contribution >= 0.6 is 0 Å². The smallest absolute Gasteiger partial charge is 0.274 e. The number of hydrogen-bond acceptors (Lipinski definition) is 4. The minimum atomic E-state index is -3.50. The van der Waals surface area contributed by atoms with E-state index >= 15 is 0 Å². The lowest BCUT2D eigenvalue weighted by Gasteiger charge is -2.10. The summed E-state index contributed by atoms with van der Waals surface area (Å²) < 4.78 is 32.3. The molecule has 1 aliphatic carbocycles. The summed E-state index contributed by atoms with van der Waals surface area (Å²) in [4.78, 5) is 0. The van der Waals surface area contributed by atoms with E-state index in [2.05, 4.69) is 17.0 Å². The van der Waals surface area contributed by atoms with Crippen molar-refractivity contribution in [1.29, 1.82) is 0 Å². The Morgan fingerprint density at radius 3 is 2.74 bits per heavy atom. The summed E-state index contributed by atoms with van der Waals surface area (Å²) in [7, 11) is -3.50. The second-order valence-corrected chi connectivity index (χ2v) is 6.65. The van der Waals surface area contributed by atoms with Gasteiger partial charge in [0, 0.05) is 6.04 Å². The van der Waals surface area contributed by atoms with Crippen molar-refractivity contribution in [2.45, 2.75) is 56.7 Å². The molecule has 1 saturated carbocycles. The van der Waals surface area contributed by atoms with Crippen LogP contribution in [0.4, 0.5) is 0 Å². The van der Waals surface area contributed by atoms with Gasteiger partial charge in [0.15, 0.2) is 0 Å². The van der Waals surface area contributed by atoms with Crippen molar-refractivity contribution in [3.63, 3.8) is 0 Å². The largest absolute Gasteiger partial charge is 0.447 e. The zero-order valence-corrected chi connectivity index (χ0v) is 12.1. The third-order valence-electron chi connectivity index (χ3n) is 3.30. The fourth-order valence-corrected chi connectivity index (χ4v) is 3.56. The van der Waals surface area contributed by atoms with Gasteiger partial charge in [-0.25, -0.2) is 13.1 Å². The van der Waals surface area contributed by atoms with Gasteiger partial charge in [-0.05, 0) is 37.9 Å². The summed E-state index contributed by atoms with van der Waals surface area (Å²) in [5.41, 5.74) is 0. The number of rotatable bonds is 7. The quantitative estimate of drug-likeness (QED) is 0.752. The average Bonchev–Trinajstić information content (AvgIpc) is 3.00. The Kier molecular flexibility index (Phi) is 5.01. The molecule has 1 aliphatic rings. The first-order valence-corrected chi connectivity index (χ1v) is 8.42. The van der Waals surface area contributed by atoms with Crippen molar-refractivity contribution < 1.29 is 12.8 Å². The molecule has 1 aromatic rings. The van der Waals surface area contributed by atoms with Crippen molar-refractivity contribution in [2.75, 3.05) is 6.54 Å². The summed E-state index contributed by atoms with van der Waals surface area (Å²) in [6, 6.07) is 3.31. The number of furan rings is 1. The minimum absolute atomic E-state index is 0.0210. The molecule has 0 aliphatic heterocycles. The molecule has 0 radical (unpaired) electrons. The van der Waals surface area contributed by atoms with Gasteiger partial charge in [0.25, 0.3) is 10.0 Å². The third kappa shape index (κ3) is 4.06. The molecule has 2 N–H and O–H groups in total. The van der Waals surface area contributed by atoms with Crippen LogP contribution in [0.2, 0.25) is 0 Å². The number of sulfonamides is 1. The van der Waals surface area contributed by atoms with Gasteiger partial charge in [-0.1, -0.05) is 19.8 Å². The maximum Gasteiger partial charge on any atom is 0.274 e. The van der Waals surface area contributed by atoms with E-state index in [1.807, 2.05) is 0 Å². The highest BCUT2D eigenvalue weighted by Crippen LogP contribution is 2.21. The van der Waals surface area contributed by atoms with Crippen LogP contribution in [0.1, 0.15) is 44.8 Å². The topological polar surface area (TPSA) is 71.3 Å². The van der Waals surface area contributed by atoms with Crippen LogP contribution in [0.3, 0.4) is 0 Å². The molecule has 0 saturated heterocycles. The maximum atomic E-state index is 12.1. The Bertz CT molecular complexity index is 490. The van der Waals surface area contributed by atoms with Crippen LogP contribution in [0.25, 0.3) is 0 Å². The fraction of sp³-hybridized carbons (Fsp3) is 0.692. The Morgan fingerprint density at radius 1 is 1.32 bits per heavy atom. The van der Waals surface area contributed by atoms with E-state index in [9.17, 15) is 8.42 Å². The predicted molar refractivity (Wildman–Crippen MR) is 73.3 cm³/mol. The highest BCUT2D eigenvalue weighted by atomic mass is 32.2. The van der Waals surface area contributed by atoms with Crippen molar-refractivity contribution in [1.82, 2.24) is 10.0 Å². The number of nitrogens with one attached hydrogen (secondary N) is 2. The van der Waals surface area contributed by atoms with E-state index in [4.69, 9.17) is 4.42 Å². The van der Waals surface area contributed by atoms with Gasteiger partial charge < -0.3 is 9.73 Å². The van der Waals surface area contributed by atoms with E-state index < -0.39 is 10.0 Å². The molecule has 0 spiro atoms. The molecule has 6 heteroatoms. The molecule has 108 valence electrons. The molecular formula is C13H22N2O3S. The van der Waals surface area contributed by atoms with Crippen LogP contribution in [0, 0.1) is 0 Å². The van der Waals surface area contributed by atoms with Crippen LogP contribution < -0.4 is 10.0 Å². The molecule has 0 unspecified atom stereocenters. The van der Waals surface area contributed by atoms with Gasteiger partial charge in [-0.3, -0.25) is 0 Å². The first-order chi connectivity index (χ1) is 9.12. The summed E-state index contributed by atoms with van der Waals surface area (Å²) in [6.07, 6.45) is 5.07. The van der Waals surface area contributed by atoms with E-state index in [0.29, 0.717) is 12.3 Å². The lowest BCUT2D eigenvalue weighted by atomic mass is 10.3. The molecule has 0 aromatic carbocycles. The van der Waals surface area contributed by atoms with Crippen molar-refractivity contribution in [3.8, 4) is 0 Å². The molecule has 19 heavy (non-hydrogen) atoms. The first-order valence-electron chi connectivity index (χ1n) is 6.93. The lowest BCUT2D eigenvalue weighted by Crippen LogP contribution is -2.32. The molecule has 1 heterocycles. The van der Waals surface area contributed by atoms with Crippen LogP contribution in [-0.4, -0.2) is 21.0 Å². The molecule has 0 bridgehead atoms. The molecule has 1 fully saturated rings. The molecule has 0 atom stereocenters. The van der Waals surface area contributed by atoms with Gasteiger partial charge in [0.1, 0.15) is 5.76 Å². The summed E-state index contributed by atoms with van der Waals surface area (Å²) in [5, 5.41) is 3.20. The summed E-state index contributed by atoms with van der Waals surface area (Å²) in [6.45, 7) is 3.53. The Hall–Kier alpha value is -0.850. The standard InChI is InChI=1S/C13H22N2O3S/c1-2-9-14-10-12-7-8-13(18-12)19(16,17)15-11-5-3-4-6-11/h7-8,11,14-15H,2-6,9-10H2,1H3. The molecule has 1 aromatic heterocycles. The maximum absolute atomic E-state index is 12.1. The van der Waals surface area contributed by atoms with Gasteiger partial charge in [0.05, 0.1) is 6.54 Å². The van der Waals surface area contributed by atoms with Gasteiger partial charge in [0.2, 0.25) is 5.09 Å². The highest BCUT2D eigenvalue weighted by Gasteiger charge is 2.25. The first kappa shape index (κ1) is 14.6. The Morgan fingerprint density at radius 2 is 2.05 bits per heavy atom. The van der Waals surface area contributed by atoms with Crippen molar-refractivity contribution >= 4 is 10.0 Å². The number of hydrogen-bond donors (Lipinski definition) is 2. The monoisotopic (exact) mass is 286 g/mol. The van der Waals surface area contributed by atoms with E-state index in [1.54, 1.807) is 6.07 Å². The lowest BCUT2D eigenvalue weighted by molar-refractivity contribution is 0.397. The van der Waals surface area contributed by atoms with Crippen LogP contribution in [0.5, 0.6) is 0 Å². The van der Waals surface area contributed by atoms with E-state index in [-0.39, 0.29) is 11.1 Å². The van der Waals surface area contributed by atoms with Crippen LogP contribution in [0.15, 0.2) is 21.6 Å². The van der Waals surface area contributed by atoms with Crippen molar-refractivity contribution in [3.05, 3.63) is 17.9 Å². The summed E-state index contributed by atoms with van der Waals surface area (Å²) >= 11 is 0. The van der Waals surface area contributed by atoms with Crippen molar-refractivity contribution in [2.24, 2.45) is 0 Å². The SMILES string of the molecule is CCCNCc1ccc(S(=O)(=O)NC2CCCC2)o1. The predicted octanol–water partition coefficient (Wildman–Crippen LogP) is 2.00. The van der Waals surface area contributed by atoms with E-state index in [1.165, 1.54) is 6.07 Å². The Labute approximate surface area is 114 Å². The zero-order valence-electron chi connectivity index (χ0n) is 11.3. The normalized spacial score (nSPS) is 17.1. The van der Waals surface area contributed by atoms with E-state index in [0.717, 1.165) is 38.6 Å². The molecule has 5 nitrogen and oxygen atoms in total. The van der Waals surface area contributed by atoms with Crippen LogP contribution in [-0.2, 0) is 16.6 Å². The third-order valence-corrected chi connectivity index (χ3v) is 4.70. The summed E-state index contributed by atoms with van der Waals surface area (Å²) in [5.74, 6) is 0.653. The minimum Gasteiger partial charge on any atom is -0.447 e. The average molecular weight is 286 g/mol. The molecule has 2 rings (SSSR count). The van der Waals surface area contributed by atoms with Gasteiger partial charge >= 0.3 is 0 Å².